The van der Waals surface area contributed by atoms with E-state index in [2.05, 4.69) is 68.6 Å². The van der Waals surface area contributed by atoms with Crippen LogP contribution in [0.1, 0.15) is 42.0 Å². The van der Waals surface area contributed by atoms with Crippen molar-refractivity contribution in [1.29, 1.82) is 0 Å². The minimum absolute atomic E-state index is 0.569. The summed E-state index contributed by atoms with van der Waals surface area (Å²) >= 11 is 0. The number of rotatable bonds is 6. The van der Waals surface area contributed by atoms with Crippen molar-refractivity contribution >= 4 is 0 Å². The van der Waals surface area contributed by atoms with Crippen LogP contribution in [0.15, 0.2) is 42.5 Å². The van der Waals surface area contributed by atoms with Gasteiger partial charge in [-0.05, 0) is 37.1 Å². The third-order valence-corrected chi connectivity index (χ3v) is 3.62. The molecule has 0 heterocycles. The first-order chi connectivity index (χ1) is 10.1. The maximum atomic E-state index is 5.99. The van der Waals surface area contributed by atoms with E-state index in [1.165, 1.54) is 22.3 Å². The number of benzene rings is 2. The first kappa shape index (κ1) is 15.6. The van der Waals surface area contributed by atoms with Crippen LogP contribution < -0.4 is 10.1 Å². The Bertz CT molecular complexity index is 573. The van der Waals surface area contributed by atoms with Crippen LogP contribution >= 0.6 is 0 Å². The van der Waals surface area contributed by atoms with E-state index in [1.807, 2.05) is 7.05 Å². The molecule has 2 aromatic rings. The average Bonchev–Trinajstić information content (AvgIpc) is 2.47. The highest BCUT2D eigenvalue weighted by Crippen LogP contribution is 2.22. The zero-order chi connectivity index (χ0) is 15.2. The van der Waals surface area contributed by atoms with Crippen molar-refractivity contribution in [2.45, 2.75) is 39.8 Å². The Labute approximate surface area is 128 Å². The van der Waals surface area contributed by atoms with Gasteiger partial charge in [-0.2, -0.15) is 0 Å². The standard InChI is InChI=1S/C19H25NO/c1-14(2)17-8-6-16(7-9-17)13-21-19-10-5-15(3)11-18(19)12-20-4/h5-11,14,20H,12-13H2,1-4H3. The number of aryl methyl sites for hydroxylation is 1. The molecule has 2 rings (SSSR count). The van der Waals surface area contributed by atoms with Gasteiger partial charge in [-0.1, -0.05) is 55.8 Å². The molecule has 0 aliphatic carbocycles. The van der Waals surface area contributed by atoms with Crippen LogP contribution in [0.5, 0.6) is 5.75 Å². The minimum Gasteiger partial charge on any atom is -0.489 e. The van der Waals surface area contributed by atoms with Crippen LogP contribution in [0.4, 0.5) is 0 Å². The Morgan fingerprint density at radius 1 is 1.05 bits per heavy atom. The van der Waals surface area contributed by atoms with Crippen molar-refractivity contribution in [3.63, 3.8) is 0 Å². The van der Waals surface area contributed by atoms with Crippen LogP contribution in [0.3, 0.4) is 0 Å². The predicted molar refractivity (Wildman–Crippen MR) is 88.8 cm³/mol. The summed E-state index contributed by atoms with van der Waals surface area (Å²) in [6.07, 6.45) is 0. The molecule has 0 atom stereocenters. The van der Waals surface area contributed by atoms with Gasteiger partial charge in [0.1, 0.15) is 12.4 Å². The van der Waals surface area contributed by atoms with Crippen LogP contribution in [0.2, 0.25) is 0 Å². The summed E-state index contributed by atoms with van der Waals surface area (Å²) < 4.78 is 5.99. The van der Waals surface area contributed by atoms with E-state index >= 15 is 0 Å². The summed E-state index contributed by atoms with van der Waals surface area (Å²) in [4.78, 5) is 0. The number of hydrogen-bond donors (Lipinski definition) is 1. The summed E-state index contributed by atoms with van der Waals surface area (Å²) in [6.45, 7) is 7.96. The van der Waals surface area contributed by atoms with E-state index in [-0.39, 0.29) is 0 Å². The monoisotopic (exact) mass is 283 g/mol. The molecule has 2 heteroatoms. The van der Waals surface area contributed by atoms with Gasteiger partial charge in [-0.3, -0.25) is 0 Å². The predicted octanol–water partition coefficient (Wildman–Crippen LogP) is 4.42. The molecule has 112 valence electrons. The highest BCUT2D eigenvalue weighted by molar-refractivity contribution is 5.37. The van der Waals surface area contributed by atoms with Gasteiger partial charge in [-0.15, -0.1) is 0 Å². The van der Waals surface area contributed by atoms with Crippen LogP contribution in [0, 0.1) is 6.92 Å². The average molecular weight is 283 g/mol. The largest absolute Gasteiger partial charge is 0.489 e. The topological polar surface area (TPSA) is 21.3 Å². The molecule has 0 saturated heterocycles. The smallest absolute Gasteiger partial charge is 0.124 e. The van der Waals surface area contributed by atoms with Crippen molar-refractivity contribution in [2.75, 3.05) is 7.05 Å². The van der Waals surface area contributed by atoms with Crippen molar-refractivity contribution < 1.29 is 4.74 Å². The van der Waals surface area contributed by atoms with Gasteiger partial charge >= 0.3 is 0 Å². The van der Waals surface area contributed by atoms with Crippen molar-refractivity contribution in [3.8, 4) is 5.75 Å². The highest BCUT2D eigenvalue weighted by atomic mass is 16.5. The normalized spacial score (nSPS) is 10.9. The Kier molecular flexibility index (Phi) is 5.40. The van der Waals surface area contributed by atoms with Crippen molar-refractivity contribution in [3.05, 3.63) is 64.7 Å². The molecular weight excluding hydrogens is 258 g/mol. The Balaban J connectivity index is 2.05. The van der Waals surface area contributed by atoms with Crippen molar-refractivity contribution in [1.82, 2.24) is 5.32 Å². The lowest BCUT2D eigenvalue weighted by molar-refractivity contribution is 0.302. The molecule has 0 bridgehead atoms. The van der Waals surface area contributed by atoms with E-state index in [0.29, 0.717) is 12.5 Å². The van der Waals surface area contributed by atoms with Gasteiger partial charge in [0.2, 0.25) is 0 Å². The molecule has 2 nitrogen and oxygen atoms in total. The molecular formula is C19H25NO. The molecule has 0 fully saturated rings. The van der Waals surface area contributed by atoms with Crippen LogP contribution in [-0.2, 0) is 13.2 Å². The minimum atomic E-state index is 0.569. The Morgan fingerprint density at radius 2 is 1.76 bits per heavy atom. The van der Waals surface area contributed by atoms with E-state index in [9.17, 15) is 0 Å². The lowest BCUT2D eigenvalue weighted by Gasteiger charge is -2.13. The number of nitrogens with one attached hydrogen (secondary N) is 1. The molecule has 1 N–H and O–H groups in total. The first-order valence-electron chi connectivity index (χ1n) is 7.56. The number of ether oxygens (including phenoxy) is 1. The fraction of sp³-hybridized carbons (Fsp3) is 0.368. The molecule has 21 heavy (non-hydrogen) atoms. The van der Waals surface area contributed by atoms with E-state index < -0.39 is 0 Å². The maximum absolute atomic E-state index is 5.99. The van der Waals surface area contributed by atoms with Gasteiger partial charge in [0.25, 0.3) is 0 Å². The van der Waals surface area contributed by atoms with E-state index in [4.69, 9.17) is 4.74 Å². The summed E-state index contributed by atoms with van der Waals surface area (Å²) in [5.74, 6) is 1.53. The third kappa shape index (κ3) is 4.33. The van der Waals surface area contributed by atoms with Crippen LogP contribution in [-0.4, -0.2) is 7.05 Å². The summed E-state index contributed by atoms with van der Waals surface area (Å²) in [6, 6.07) is 15.0. The second-order valence-electron chi connectivity index (χ2n) is 5.83. The molecule has 0 spiro atoms. The second-order valence-corrected chi connectivity index (χ2v) is 5.83. The van der Waals surface area contributed by atoms with Gasteiger partial charge in [0.15, 0.2) is 0 Å². The van der Waals surface area contributed by atoms with Gasteiger partial charge in [0, 0.05) is 12.1 Å². The fourth-order valence-electron chi connectivity index (χ4n) is 2.34. The van der Waals surface area contributed by atoms with E-state index in [1.54, 1.807) is 0 Å². The fourth-order valence-corrected chi connectivity index (χ4v) is 2.34. The Morgan fingerprint density at radius 3 is 2.38 bits per heavy atom. The zero-order valence-electron chi connectivity index (χ0n) is 13.4. The summed E-state index contributed by atoms with van der Waals surface area (Å²) in [7, 11) is 1.96. The van der Waals surface area contributed by atoms with Gasteiger partial charge < -0.3 is 10.1 Å². The first-order valence-corrected chi connectivity index (χ1v) is 7.56. The zero-order valence-corrected chi connectivity index (χ0v) is 13.4. The molecule has 0 radical (unpaired) electrons. The SMILES string of the molecule is CNCc1cc(C)ccc1OCc1ccc(C(C)C)cc1. The van der Waals surface area contributed by atoms with Gasteiger partial charge in [-0.25, -0.2) is 0 Å². The van der Waals surface area contributed by atoms with Gasteiger partial charge in [0.05, 0.1) is 0 Å². The molecule has 0 saturated carbocycles. The third-order valence-electron chi connectivity index (χ3n) is 3.62. The lowest BCUT2D eigenvalue weighted by atomic mass is 10.0. The molecule has 0 unspecified atom stereocenters. The second kappa shape index (κ2) is 7.28. The molecule has 0 amide bonds. The Hall–Kier alpha value is -1.80. The van der Waals surface area contributed by atoms with Crippen LogP contribution in [0.25, 0.3) is 0 Å². The van der Waals surface area contributed by atoms with E-state index in [0.717, 1.165) is 12.3 Å². The molecule has 2 aromatic carbocycles. The number of hydrogen-bond acceptors (Lipinski definition) is 2. The maximum Gasteiger partial charge on any atom is 0.124 e. The molecule has 0 aliphatic heterocycles. The highest BCUT2D eigenvalue weighted by Gasteiger charge is 2.05. The van der Waals surface area contributed by atoms with Crippen molar-refractivity contribution in [2.24, 2.45) is 0 Å². The molecule has 0 aliphatic rings. The summed E-state index contributed by atoms with van der Waals surface area (Å²) in [5, 5.41) is 3.19. The lowest BCUT2D eigenvalue weighted by Crippen LogP contribution is -2.08. The summed E-state index contributed by atoms with van der Waals surface area (Å²) in [5.41, 5.74) is 5.03. The molecule has 0 aromatic heterocycles. The quantitative estimate of drug-likeness (QED) is 0.847.